The molecule has 5 atom stereocenters. The van der Waals surface area contributed by atoms with E-state index < -0.39 is 11.6 Å². The van der Waals surface area contributed by atoms with E-state index in [0.29, 0.717) is 78.0 Å². The molecule has 0 bridgehead atoms. The van der Waals surface area contributed by atoms with E-state index in [1.165, 1.54) is 12.1 Å². The summed E-state index contributed by atoms with van der Waals surface area (Å²) >= 11 is 1.60. The van der Waals surface area contributed by atoms with Crippen molar-refractivity contribution in [2.45, 2.75) is 266 Å². The number of hydrogen-bond donors (Lipinski definition) is 10. The summed E-state index contributed by atoms with van der Waals surface area (Å²) in [4.78, 5) is 107. The maximum Gasteiger partial charge on any atom is 0.224 e. The molecule has 0 unspecified atom stereocenters. The number of nitrogens with one attached hydrogen (secondary N) is 5. The molecule has 113 heavy (non-hydrogen) atoms. The molecule has 0 saturated carbocycles. The largest absolute Gasteiger partial charge is 0.368 e. The van der Waals surface area contributed by atoms with Gasteiger partial charge in [0.15, 0.2) is 28.6 Å². The first kappa shape index (κ1) is 91.2. The number of carbonyl (C=O) groups excluding carboxylic acids is 5. The van der Waals surface area contributed by atoms with Crippen LogP contribution >= 0.6 is 11.3 Å². The van der Waals surface area contributed by atoms with Crippen molar-refractivity contribution in [2.75, 3.05) is 55.3 Å². The third-order valence-electron chi connectivity index (χ3n) is 18.6. The predicted octanol–water partition coefficient (Wildman–Crippen LogP) is 17.4. The number of rotatable bonds is 40. The van der Waals surface area contributed by atoms with Gasteiger partial charge in [0.25, 0.3) is 0 Å². The number of ketones is 5. The highest BCUT2D eigenvalue weighted by Gasteiger charge is 2.27. The van der Waals surface area contributed by atoms with E-state index in [2.05, 4.69) is 128 Å². The summed E-state index contributed by atoms with van der Waals surface area (Å²) in [7, 11) is 0. The van der Waals surface area contributed by atoms with Crippen molar-refractivity contribution in [1.29, 1.82) is 0 Å². The lowest BCUT2D eigenvalue weighted by Crippen LogP contribution is -2.36. The normalized spacial score (nSPS) is 12.6. The third kappa shape index (κ3) is 31.4. The third-order valence-corrected chi connectivity index (χ3v) is 19.5. The standard InChI is InChI=1S/C17H22F2N4O.C17H23FN4O.C17H24N4O.C16H24N6O.C15H22N4OS/c1-3-4-5-11(7-6-10(2)24)21-16-12-8-13(18)14(19)9-15(12)22-17(20)23-16;1-3-4-5-13(8-6-11(2)23)20-16-14-9-7-12(18)10-15(14)21-17(19)22-16;1-3-4-7-13(11-10-12(2)22)19-16-14-8-5-6-9-15(14)20-17(18)21-16;1-4-5-7-16(3,8-6-11(2)23)22-14-12-13(19-10-9-18-12)20-15(17)21-14;1-3-4-5-11(7-6-10(2)20)17-14-13-12(8-9-21-13)18-15(16)19-14/h8-9,11H,3-7H2,1-2H3,(H3,20,21,22,23);7,9-10,13H,3-6,8H2,1-2H3,(H3,19,20,21,22);5-6,8-9,13H,3-4,7,10-11H2,1-2H3,(H3,18,19,20,21);9-10H,4-8H2,1-3H3,(H3,17,19,20,21,22);8-9,11H,3-7H2,1-2H3,(H3,16,17,18,19)/t11-;2*13-;16-;11-/m11111/s1. The minimum Gasteiger partial charge on any atom is -0.368 e. The quantitative estimate of drug-likeness (QED) is 0.0170. The van der Waals surface area contributed by atoms with Crippen LogP contribution in [0.4, 0.5) is 72.0 Å². The summed E-state index contributed by atoms with van der Waals surface area (Å²) < 4.78 is 41.4. The lowest BCUT2D eigenvalue weighted by atomic mass is 9.89. The van der Waals surface area contributed by atoms with Gasteiger partial charge in [-0.1, -0.05) is 111 Å². The topological polar surface area (TPSA) is 430 Å². The molecule has 0 aliphatic carbocycles. The van der Waals surface area contributed by atoms with Gasteiger partial charge in [0.05, 0.1) is 26.8 Å². The zero-order chi connectivity index (χ0) is 82.6. The number of halogens is 3. The van der Waals surface area contributed by atoms with E-state index in [4.69, 9.17) is 28.7 Å². The molecule has 15 N–H and O–H groups in total. The zero-order valence-corrected chi connectivity index (χ0v) is 68.1. The fourth-order valence-electron chi connectivity index (χ4n) is 12.4. The number of nitrogens with zero attached hydrogens (tertiary/aromatic N) is 12. The molecule has 7 heterocycles. The number of aromatic nitrogens is 12. The summed E-state index contributed by atoms with van der Waals surface area (Å²) in [5, 5.41) is 21.0. The van der Waals surface area contributed by atoms with Crippen LogP contribution in [0.5, 0.6) is 0 Å². The molecule has 0 saturated heterocycles. The Labute approximate surface area is 664 Å². The lowest BCUT2D eigenvalue weighted by molar-refractivity contribution is -0.118. The SMILES string of the molecule is CCCC[C@H](CCC(C)=O)Nc1nc(N)nc2cc(F)c(F)cc12.CCCC[C@H](CCC(C)=O)Nc1nc(N)nc2cc(F)ccc12.CCCC[C@H](CCC(C)=O)Nc1nc(N)nc2ccccc12.CCCC[C@H](CCC(C)=O)Nc1nc(N)nc2ccsc12.CCCC[C@](C)(CCC(C)=O)Nc1nc(N)nc2nccnc12. The maximum atomic E-state index is 13.6. The molecule has 27 nitrogen and oxygen atoms in total. The first-order chi connectivity index (χ1) is 54.0. The van der Waals surface area contributed by atoms with Crippen LogP contribution < -0.4 is 55.3 Å². The van der Waals surface area contributed by atoms with Gasteiger partial charge < -0.3 is 79.2 Å². The van der Waals surface area contributed by atoms with Gasteiger partial charge >= 0.3 is 0 Å². The molecular weight excluding hydrogens is 1460 g/mol. The van der Waals surface area contributed by atoms with Crippen LogP contribution in [0.3, 0.4) is 0 Å². The lowest BCUT2D eigenvalue weighted by Gasteiger charge is -2.31. The van der Waals surface area contributed by atoms with Crippen LogP contribution in [-0.4, -0.2) is 118 Å². The number of anilines is 10. The second kappa shape index (κ2) is 47.0. The van der Waals surface area contributed by atoms with Crippen molar-refractivity contribution >= 4 is 153 Å². The highest BCUT2D eigenvalue weighted by molar-refractivity contribution is 7.17. The molecule has 0 amide bonds. The summed E-state index contributed by atoms with van der Waals surface area (Å²) in [6.45, 7) is 20.8. The number of unbranched alkanes of at least 4 members (excludes halogenated alkanes) is 5. The molecule has 0 aliphatic rings. The van der Waals surface area contributed by atoms with E-state index in [-0.39, 0.29) is 99.7 Å². The number of benzene rings is 3. The molecule has 10 aromatic rings. The minimum atomic E-state index is -0.981. The van der Waals surface area contributed by atoms with Gasteiger partial charge in [0, 0.05) is 102 Å². The van der Waals surface area contributed by atoms with E-state index >= 15 is 0 Å². The molecule has 0 spiro atoms. The van der Waals surface area contributed by atoms with Crippen LogP contribution in [0.25, 0.3) is 54.1 Å². The smallest absolute Gasteiger partial charge is 0.224 e. The maximum absolute atomic E-state index is 13.6. The molecule has 610 valence electrons. The Morgan fingerprint density at radius 3 is 1.29 bits per heavy atom. The molecule has 0 radical (unpaired) electrons. The predicted molar refractivity (Wildman–Crippen MR) is 452 cm³/mol. The Morgan fingerprint density at radius 2 is 0.805 bits per heavy atom. The monoisotopic (exact) mass is 1580 g/mol. The first-order valence-electron chi connectivity index (χ1n) is 39.3. The first-order valence-corrected chi connectivity index (χ1v) is 40.1. The van der Waals surface area contributed by atoms with Gasteiger partial charge in [0.1, 0.15) is 58.0 Å². The highest BCUT2D eigenvalue weighted by atomic mass is 32.1. The summed E-state index contributed by atoms with van der Waals surface area (Å²) in [5.41, 5.74) is 32.0. The molecule has 0 aliphatic heterocycles. The molecule has 10 rings (SSSR count). The second-order valence-corrected chi connectivity index (χ2v) is 29.8. The van der Waals surface area contributed by atoms with Crippen molar-refractivity contribution in [1.82, 2.24) is 59.8 Å². The van der Waals surface area contributed by atoms with Gasteiger partial charge in [0.2, 0.25) is 29.7 Å². The number of hydrogen-bond acceptors (Lipinski definition) is 28. The average molecular weight is 1580 g/mol. The number of carbonyl (C=O) groups is 5. The van der Waals surface area contributed by atoms with Crippen LogP contribution in [0.1, 0.15) is 237 Å². The Bertz CT molecular complexity index is 4730. The minimum absolute atomic E-state index is 0.000496. The second-order valence-electron chi connectivity index (χ2n) is 28.9. The summed E-state index contributed by atoms with van der Waals surface area (Å²) in [5.74, 6) is 2.46. The van der Waals surface area contributed by atoms with Crippen LogP contribution in [-0.2, 0) is 24.0 Å². The van der Waals surface area contributed by atoms with Crippen LogP contribution in [0.15, 0.2) is 78.4 Å². The van der Waals surface area contributed by atoms with Crippen molar-refractivity contribution in [2.24, 2.45) is 0 Å². The van der Waals surface area contributed by atoms with E-state index in [1.807, 2.05) is 35.7 Å². The Hall–Kier alpha value is -10.7. The van der Waals surface area contributed by atoms with Crippen LogP contribution in [0.2, 0.25) is 0 Å². The Morgan fingerprint density at radius 1 is 0.407 bits per heavy atom. The summed E-state index contributed by atoms with van der Waals surface area (Å²) in [6, 6.07) is 16.8. The van der Waals surface area contributed by atoms with Gasteiger partial charge in [-0.05, 0) is 148 Å². The van der Waals surface area contributed by atoms with E-state index in [0.717, 1.165) is 172 Å². The number of thiophene rings is 1. The van der Waals surface area contributed by atoms with Gasteiger partial charge in [-0.2, -0.15) is 29.9 Å². The van der Waals surface area contributed by atoms with E-state index in [1.54, 1.807) is 64.4 Å². The highest BCUT2D eigenvalue weighted by Crippen LogP contribution is 2.33. The van der Waals surface area contributed by atoms with Crippen molar-refractivity contribution in [3.8, 4) is 0 Å². The fraction of sp³-hybridized carbons (Fsp3) is 0.500. The number of Topliss-reactive ketones (excluding diaryl/α,β-unsaturated/α-hetero) is 5. The number of nitrogens with two attached hydrogens (primary N) is 5. The Kier molecular flexibility index (Phi) is 37.9. The van der Waals surface area contributed by atoms with Crippen LogP contribution in [0, 0.1) is 17.5 Å². The Balaban J connectivity index is 0.000000220. The number of nitrogen functional groups attached to an aromatic ring is 5. The van der Waals surface area contributed by atoms with Crippen molar-refractivity contribution < 1.29 is 37.1 Å². The molecule has 7 aromatic heterocycles. The molecule has 31 heteroatoms. The zero-order valence-electron chi connectivity index (χ0n) is 67.3. The van der Waals surface area contributed by atoms with Gasteiger partial charge in [-0.25, -0.2) is 43.1 Å². The van der Waals surface area contributed by atoms with Crippen molar-refractivity contribution in [3.05, 3.63) is 95.9 Å². The van der Waals surface area contributed by atoms with Crippen molar-refractivity contribution in [3.63, 3.8) is 0 Å². The van der Waals surface area contributed by atoms with E-state index in [9.17, 15) is 37.1 Å². The average Bonchev–Trinajstić information content (AvgIpc) is 1.61. The number of fused-ring (bicyclic) bond motifs is 5. The molecular formula is C82H115F3N22O5S. The molecule has 3 aromatic carbocycles. The number of para-hydroxylation sites is 1. The summed E-state index contributed by atoms with van der Waals surface area (Å²) in [6.07, 6.45) is 25.2. The van der Waals surface area contributed by atoms with Gasteiger partial charge in [-0.15, -0.1) is 11.3 Å². The van der Waals surface area contributed by atoms with Gasteiger partial charge in [-0.3, -0.25) is 0 Å². The fourth-order valence-corrected chi connectivity index (χ4v) is 13.2. The molecule has 0 fully saturated rings.